The molecule has 10 heteroatoms. The van der Waals surface area contributed by atoms with Crippen LogP contribution in [0, 0.1) is 19.3 Å². The lowest BCUT2D eigenvalue weighted by molar-refractivity contribution is -0.130. The van der Waals surface area contributed by atoms with E-state index in [4.69, 9.17) is 17.0 Å². The van der Waals surface area contributed by atoms with Gasteiger partial charge in [0.15, 0.2) is 5.84 Å². The van der Waals surface area contributed by atoms with Crippen LogP contribution in [0.3, 0.4) is 0 Å². The molecule has 3 aliphatic heterocycles. The third-order valence-electron chi connectivity index (χ3n) is 6.34. The molecule has 0 bridgehead atoms. The van der Waals surface area contributed by atoms with E-state index in [1.54, 1.807) is 6.08 Å². The van der Waals surface area contributed by atoms with Gasteiger partial charge in [0.1, 0.15) is 5.04 Å². The Bertz CT molecular complexity index is 1340. The molecule has 1 fully saturated rings. The molecule has 0 aliphatic carbocycles. The molecule has 180 valence electrons. The highest BCUT2D eigenvalue weighted by atomic mass is 35.5. The van der Waals surface area contributed by atoms with Gasteiger partial charge in [-0.3, -0.25) is 15.0 Å². The summed E-state index contributed by atoms with van der Waals surface area (Å²) >= 11 is 7.37. The van der Waals surface area contributed by atoms with E-state index < -0.39 is 5.91 Å². The number of nitrogens with zero attached hydrogens (tertiary/aromatic N) is 5. The average molecular weight is 509 g/mol. The lowest BCUT2D eigenvalue weighted by Crippen LogP contribution is -2.36. The van der Waals surface area contributed by atoms with E-state index in [0.717, 1.165) is 55.0 Å². The minimum absolute atomic E-state index is 0.0264. The van der Waals surface area contributed by atoms with Gasteiger partial charge in [0, 0.05) is 35.2 Å². The summed E-state index contributed by atoms with van der Waals surface area (Å²) in [5.41, 5.74) is 3.79. The molecule has 2 amide bonds. The largest absolute Gasteiger partial charge is 0.342 e. The number of aryl methyl sites for hydroxylation is 1. The highest BCUT2D eigenvalue weighted by Gasteiger charge is 2.36. The van der Waals surface area contributed by atoms with Crippen LogP contribution < -0.4 is 0 Å². The smallest absolute Gasteiger partial charge is 0.283 e. The van der Waals surface area contributed by atoms with Crippen molar-refractivity contribution in [2.24, 2.45) is 10.1 Å². The van der Waals surface area contributed by atoms with Gasteiger partial charge >= 0.3 is 0 Å². The standard InChI is InChI=1S/C25H25ClN6O2S/c1-15-11-17(16(2)31(15)19-8-6-7-18(26)13-19)12-20-23(27)32-25(28-24(20)34)35-21(29-32)14-22(33)30-9-4-3-5-10-30/h6-8,11-13,27H,3-5,9-10,14H2,1-2H3/b20-12-,27-23?. The molecular weight excluding hydrogens is 484 g/mol. The Morgan fingerprint density at radius 1 is 1.20 bits per heavy atom. The fourth-order valence-electron chi connectivity index (χ4n) is 4.59. The minimum Gasteiger partial charge on any atom is -0.342 e. The van der Waals surface area contributed by atoms with E-state index in [2.05, 4.69) is 14.7 Å². The van der Waals surface area contributed by atoms with Crippen LogP contribution in [0.1, 0.15) is 42.6 Å². The van der Waals surface area contributed by atoms with E-state index in [1.165, 1.54) is 16.8 Å². The summed E-state index contributed by atoms with van der Waals surface area (Å²) in [7, 11) is 0. The van der Waals surface area contributed by atoms with Crippen LogP contribution in [-0.2, 0) is 9.59 Å². The van der Waals surface area contributed by atoms with Crippen molar-refractivity contribution in [3.8, 4) is 5.69 Å². The number of fused-ring (bicyclic) bond motifs is 1. The topological polar surface area (TPSA) is 94.1 Å². The second kappa shape index (κ2) is 9.47. The summed E-state index contributed by atoms with van der Waals surface area (Å²) in [5, 5.41) is 16.0. The van der Waals surface area contributed by atoms with E-state index in [-0.39, 0.29) is 23.7 Å². The maximum Gasteiger partial charge on any atom is 0.283 e. The maximum absolute atomic E-state index is 12.9. The van der Waals surface area contributed by atoms with Gasteiger partial charge in [0.05, 0.1) is 12.0 Å². The summed E-state index contributed by atoms with van der Waals surface area (Å²) in [4.78, 5) is 31.5. The first-order valence-corrected chi connectivity index (χ1v) is 12.7. The normalized spacial score (nSPS) is 19.2. The van der Waals surface area contributed by atoms with E-state index in [0.29, 0.717) is 15.2 Å². The van der Waals surface area contributed by atoms with Crippen molar-refractivity contribution in [1.29, 1.82) is 5.41 Å². The summed E-state index contributed by atoms with van der Waals surface area (Å²) in [5.74, 6) is -0.501. The second-order valence-electron chi connectivity index (χ2n) is 8.77. The summed E-state index contributed by atoms with van der Waals surface area (Å²) in [6.07, 6.45) is 5.04. The first kappa shape index (κ1) is 23.6. The number of hydrogen-bond donors (Lipinski definition) is 1. The third-order valence-corrected chi connectivity index (χ3v) is 7.49. The van der Waals surface area contributed by atoms with Crippen molar-refractivity contribution in [3.05, 3.63) is 57.9 Å². The van der Waals surface area contributed by atoms with Gasteiger partial charge < -0.3 is 9.47 Å². The molecule has 0 saturated carbocycles. The Morgan fingerprint density at radius 2 is 1.97 bits per heavy atom. The summed E-state index contributed by atoms with van der Waals surface area (Å²) < 4.78 is 2.05. The molecule has 1 saturated heterocycles. The van der Waals surface area contributed by atoms with Crippen LogP contribution in [0.4, 0.5) is 0 Å². The number of piperidine rings is 1. The number of likely N-dealkylation sites (tertiary alicyclic amines) is 1. The van der Waals surface area contributed by atoms with E-state index in [1.807, 2.05) is 49.1 Å². The Morgan fingerprint density at radius 3 is 2.71 bits per heavy atom. The molecule has 1 aromatic heterocycles. The van der Waals surface area contributed by atoms with Gasteiger partial charge in [-0.2, -0.15) is 15.1 Å². The van der Waals surface area contributed by atoms with Crippen molar-refractivity contribution in [2.75, 3.05) is 13.1 Å². The number of nitrogens with one attached hydrogen (secondary N) is 1. The zero-order valence-corrected chi connectivity index (χ0v) is 21.1. The fraction of sp³-hybridized carbons (Fsp3) is 0.320. The molecule has 35 heavy (non-hydrogen) atoms. The highest BCUT2D eigenvalue weighted by Crippen LogP contribution is 2.31. The predicted molar refractivity (Wildman–Crippen MR) is 140 cm³/mol. The number of hydrogen-bond acceptors (Lipinski definition) is 5. The summed E-state index contributed by atoms with van der Waals surface area (Å²) in [6, 6.07) is 9.53. The molecule has 0 atom stereocenters. The van der Waals surface area contributed by atoms with Crippen molar-refractivity contribution >= 4 is 57.3 Å². The van der Waals surface area contributed by atoms with E-state index >= 15 is 0 Å². The fourth-order valence-corrected chi connectivity index (χ4v) is 5.65. The lowest BCUT2D eigenvalue weighted by Gasteiger charge is -2.26. The number of rotatable bonds is 4. The predicted octanol–water partition coefficient (Wildman–Crippen LogP) is 4.77. The highest BCUT2D eigenvalue weighted by molar-refractivity contribution is 8.27. The molecule has 1 aromatic carbocycles. The number of thioether (sulfide) groups is 1. The molecule has 2 aromatic rings. The number of hydrazone groups is 1. The Labute approximate surface area is 212 Å². The quantitative estimate of drug-likeness (QED) is 0.602. The Hall–Kier alpha value is -3.17. The number of carbonyl (C=O) groups is 2. The molecule has 3 aliphatic rings. The zero-order chi connectivity index (χ0) is 24.7. The first-order chi connectivity index (χ1) is 16.8. The number of benzene rings is 1. The number of amidine groups is 2. The van der Waals surface area contributed by atoms with Crippen LogP contribution in [0.25, 0.3) is 11.8 Å². The van der Waals surface area contributed by atoms with Gasteiger partial charge in [-0.15, -0.1) is 0 Å². The lowest BCUT2D eigenvalue weighted by atomic mass is 10.1. The van der Waals surface area contributed by atoms with Crippen LogP contribution in [-0.4, -0.2) is 55.4 Å². The minimum atomic E-state index is -0.486. The number of halogens is 1. The summed E-state index contributed by atoms with van der Waals surface area (Å²) in [6.45, 7) is 5.49. The van der Waals surface area contributed by atoms with Crippen LogP contribution >= 0.6 is 23.4 Å². The molecule has 1 N–H and O–H groups in total. The molecule has 5 rings (SSSR count). The van der Waals surface area contributed by atoms with E-state index in [9.17, 15) is 9.59 Å². The van der Waals surface area contributed by atoms with Gasteiger partial charge in [-0.1, -0.05) is 17.7 Å². The number of aliphatic imine (C=N–C) groups is 1. The van der Waals surface area contributed by atoms with Crippen LogP contribution in [0.15, 0.2) is 46.0 Å². The molecule has 4 heterocycles. The molecule has 0 spiro atoms. The average Bonchev–Trinajstić information content (AvgIpc) is 3.36. The molecule has 0 radical (unpaired) electrons. The van der Waals surface area contributed by atoms with Crippen molar-refractivity contribution in [1.82, 2.24) is 14.5 Å². The maximum atomic E-state index is 12.9. The number of amides is 2. The monoisotopic (exact) mass is 508 g/mol. The van der Waals surface area contributed by atoms with Crippen molar-refractivity contribution in [3.63, 3.8) is 0 Å². The number of carbonyl (C=O) groups excluding carboxylic acids is 2. The first-order valence-electron chi connectivity index (χ1n) is 11.5. The second-order valence-corrected chi connectivity index (χ2v) is 10.3. The van der Waals surface area contributed by atoms with Crippen LogP contribution in [0.2, 0.25) is 5.02 Å². The molecule has 8 nitrogen and oxygen atoms in total. The third kappa shape index (κ3) is 4.58. The van der Waals surface area contributed by atoms with Gasteiger partial charge in [-0.05, 0) is 80.8 Å². The van der Waals surface area contributed by atoms with Crippen molar-refractivity contribution < 1.29 is 9.59 Å². The van der Waals surface area contributed by atoms with Gasteiger partial charge in [0.25, 0.3) is 5.91 Å². The zero-order valence-electron chi connectivity index (χ0n) is 19.5. The molecular formula is C25H25ClN6O2S. The van der Waals surface area contributed by atoms with Crippen molar-refractivity contribution in [2.45, 2.75) is 39.5 Å². The Kier molecular flexibility index (Phi) is 6.37. The number of aromatic nitrogens is 1. The van der Waals surface area contributed by atoms with Gasteiger partial charge in [0.2, 0.25) is 11.1 Å². The van der Waals surface area contributed by atoms with Crippen LogP contribution in [0.5, 0.6) is 0 Å². The van der Waals surface area contributed by atoms with Gasteiger partial charge in [-0.25, -0.2) is 0 Å². The SMILES string of the molecule is Cc1cc(/C=C2/C(=N)N3N=C(CC(=O)N4CCCCC4)SC3=NC2=O)c(C)n1-c1cccc(Cl)c1. The Balaban J connectivity index is 1.40. The molecule has 0 unspecified atom stereocenters.